The number of hydrogen-bond acceptors (Lipinski definition) is 5. The van der Waals surface area contributed by atoms with Crippen LogP contribution in [-0.2, 0) is 16.4 Å². The minimum Gasteiger partial charge on any atom is -0.475 e. The lowest BCUT2D eigenvalue weighted by Crippen LogP contribution is -2.29. The van der Waals surface area contributed by atoms with Crippen molar-refractivity contribution in [2.45, 2.75) is 18.2 Å². The largest absolute Gasteiger partial charge is 0.475 e. The van der Waals surface area contributed by atoms with Gasteiger partial charge in [-0.2, -0.15) is 0 Å². The fraction of sp³-hybridized carbons (Fsp3) is 0.308. The van der Waals surface area contributed by atoms with Crippen molar-refractivity contribution >= 4 is 27.3 Å². The molecule has 0 atom stereocenters. The van der Waals surface area contributed by atoms with Gasteiger partial charge in [0.15, 0.2) is 0 Å². The molecule has 6 nitrogen and oxygen atoms in total. The zero-order chi connectivity index (χ0) is 15.6. The van der Waals surface area contributed by atoms with E-state index in [2.05, 4.69) is 0 Å². The van der Waals surface area contributed by atoms with E-state index < -0.39 is 16.0 Å². The first-order chi connectivity index (χ1) is 9.82. The van der Waals surface area contributed by atoms with Gasteiger partial charge < -0.3 is 9.52 Å². The molecular formula is C13H15NO5S2. The number of aromatic carboxylic acids is 1. The van der Waals surface area contributed by atoms with Gasteiger partial charge in [-0.25, -0.2) is 17.5 Å². The van der Waals surface area contributed by atoms with Gasteiger partial charge in [-0.05, 0) is 24.8 Å². The third-order valence-corrected chi connectivity index (χ3v) is 5.92. The second-order valence-corrected chi connectivity index (χ2v) is 7.54. The minimum absolute atomic E-state index is 0.0790. The number of aryl methyl sites for hydroxylation is 1. The van der Waals surface area contributed by atoms with E-state index >= 15 is 0 Å². The first-order valence-corrected chi connectivity index (χ1v) is 8.47. The quantitative estimate of drug-likeness (QED) is 0.878. The molecule has 21 heavy (non-hydrogen) atoms. The zero-order valence-electron chi connectivity index (χ0n) is 11.6. The van der Waals surface area contributed by atoms with Gasteiger partial charge >= 0.3 is 5.97 Å². The number of carboxylic acids is 1. The lowest BCUT2D eigenvalue weighted by Gasteiger charge is -2.15. The van der Waals surface area contributed by atoms with E-state index in [1.54, 1.807) is 11.3 Å². The third kappa shape index (κ3) is 3.34. The van der Waals surface area contributed by atoms with Gasteiger partial charge in [-0.15, -0.1) is 11.3 Å². The Labute approximate surface area is 126 Å². The van der Waals surface area contributed by atoms with Crippen molar-refractivity contribution in [2.24, 2.45) is 0 Å². The van der Waals surface area contributed by atoms with Gasteiger partial charge in [0.1, 0.15) is 10.7 Å². The Balaban J connectivity index is 2.18. The molecule has 0 fully saturated rings. The summed E-state index contributed by atoms with van der Waals surface area (Å²) in [6, 6.07) is 4.90. The summed E-state index contributed by atoms with van der Waals surface area (Å²) in [7, 11) is -2.29. The standard InChI is InChI=1S/C13H15NO5S2/c1-9-12(8-11(19-9)13(15)16)21(17,18)14(2)6-5-10-4-3-7-20-10/h3-4,7-8H,5-6H2,1-2H3,(H,15,16). The Morgan fingerprint density at radius 3 is 2.71 bits per heavy atom. The number of rotatable bonds is 6. The smallest absolute Gasteiger partial charge is 0.371 e. The summed E-state index contributed by atoms with van der Waals surface area (Å²) in [5, 5.41) is 10.8. The maximum Gasteiger partial charge on any atom is 0.371 e. The van der Waals surface area contributed by atoms with Crippen molar-refractivity contribution in [3.8, 4) is 0 Å². The molecule has 1 N–H and O–H groups in total. The van der Waals surface area contributed by atoms with Crippen LogP contribution in [0.5, 0.6) is 0 Å². The van der Waals surface area contributed by atoms with Crippen LogP contribution in [0.2, 0.25) is 0 Å². The number of carboxylic acid groups (broad SMARTS) is 1. The normalized spacial score (nSPS) is 12.0. The van der Waals surface area contributed by atoms with Gasteiger partial charge in [0, 0.05) is 24.5 Å². The zero-order valence-corrected chi connectivity index (χ0v) is 13.2. The molecule has 0 aliphatic rings. The maximum absolute atomic E-state index is 12.4. The van der Waals surface area contributed by atoms with E-state index in [0.29, 0.717) is 13.0 Å². The number of hydrogen-bond donors (Lipinski definition) is 1. The second-order valence-electron chi connectivity index (χ2n) is 4.49. The van der Waals surface area contributed by atoms with Gasteiger partial charge in [-0.1, -0.05) is 6.07 Å². The Kier molecular flexibility index (Phi) is 4.50. The molecule has 2 heterocycles. The van der Waals surface area contributed by atoms with Crippen LogP contribution in [0.1, 0.15) is 21.2 Å². The third-order valence-electron chi connectivity index (χ3n) is 3.02. The summed E-state index contributed by atoms with van der Waals surface area (Å²) in [6.45, 7) is 1.75. The average molecular weight is 329 g/mol. The Bertz CT molecular complexity index is 731. The second kappa shape index (κ2) is 6.00. The van der Waals surface area contributed by atoms with Crippen molar-refractivity contribution in [1.82, 2.24) is 4.31 Å². The van der Waals surface area contributed by atoms with E-state index in [1.165, 1.54) is 18.3 Å². The SMILES string of the molecule is Cc1oc(C(=O)O)cc1S(=O)(=O)N(C)CCc1cccs1. The van der Waals surface area contributed by atoms with Crippen LogP contribution >= 0.6 is 11.3 Å². The summed E-state index contributed by atoms with van der Waals surface area (Å²) in [4.78, 5) is 11.8. The molecule has 8 heteroatoms. The van der Waals surface area contributed by atoms with Crippen molar-refractivity contribution in [2.75, 3.05) is 13.6 Å². The van der Waals surface area contributed by atoms with Gasteiger partial charge in [0.25, 0.3) is 0 Å². The highest BCUT2D eigenvalue weighted by molar-refractivity contribution is 7.89. The van der Waals surface area contributed by atoms with Crippen LogP contribution < -0.4 is 0 Å². The van der Waals surface area contributed by atoms with E-state index in [0.717, 1.165) is 10.9 Å². The summed E-state index contributed by atoms with van der Waals surface area (Å²) in [5.41, 5.74) is 0. The lowest BCUT2D eigenvalue weighted by atomic mass is 10.3. The van der Waals surface area contributed by atoms with Gasteiger partial charge in [-0.3, -0.25) is 0 Å². The van der Waals surface area contributed by atoms with Gasteiger partial charge in [0.05, 0.1) is 0 Å². The molecule has 0 saturated carbocycles. The summed E-state index contributed by atoms with van der Waals surface area (Å²) in [5.74, 6) is -1.59. The van der Waals surface area contributed by atoms with E-state index in [-0.39, 0.29) is 16.4 Å². The number of furan rings is 1. The average Bonchev–Trinajstić information content (AvgIpc) is 3.04. The van der Waals surface area contributed by atoms with Crippen LogP contribution in [-0.4, -0.2) is 37.4 Å². The molecule has 0 amide bonds. The van der Waals surface area contributed by atoms with Crippen LogP contribution in [0.3, 0.4) is 0 Å². The lowest BCUT2D eigenvalue weighted by molar-refractivity contribution is 0.0661. The Hall–Kier alpha value is -1.64. The van der Waals surface area contributed by atoms with Crippen LogP contribution in [0, 0.1) is 6.92 Å². The first kappa shape index (κ1) is 15.7. The highest BCUT2D eigenvalue weighted by Gasteiger charge is 2.27. The molecule has 0 aliphatic carbocycles. The monoisotopic (exact) mass is 329 g/mol. The molecule has 2 aromatic rings. The van der Waals surface area contributed by atoms with Crippen LogP contribution in [0.25, 0.3) is 0 Å². The molecule has 0 unspecified atom stereocenters. The van der Waals surface area contributed by atoms with Crippen molar-refractivity contribution < 1.29 is 22.7 Å². The highest BCUT2D eigenvalue weighted by Crippen LogP contribution is 2.23. The van der Waals surface area contributed by atoms with Crippen molar-refractivity contribution in [3.63, 3.8) is 0 Å². The molecule has 0 saturated heterocycles. The Morgan fingerprint density at radius 2 is 2.19 bits per heavy atom. The first-order valence-electron chi connectivity index (χ1n) is 6.15. The predicted octanol–water partition coefficient (Wildman–Crippen LogP) is 2.21. The molecule has 114 valence electrons. The number of likely N-dealkylation sites (N-methyl/N-ethyl adjacent to an activating group) is 1. The fourth-order valence-electron chi connectivity index (χ4n) is 1.84. The maximum atomic E-state index is 12.4. The molecule has 0 bridgehead atoms. The highest BCUT2D eigenvalue weighted by atomic mass is 32.2. The van der Waals surface area contributed by atoms with Crippen LogP contribution in [0.15, 0.2) is 32.9 Å². The van der Waals surface area contributed by atoms with E-state index in [4.69, 9.17) is 9.52 Å². The van der Waals surface area contributed by atoms with Gasteiger partial charge in [0.2, 0.25) is 15.8 Å². The topological polar surface area (TPSA) is 87.8 Å². The predicted molar refractivity (Wildman–Crippen MR) is 78.2 cm³/mol. The summed E-state index contributed by atoms with van der Waals surface area (Å²) < 4.78 is 31.0. The fourth-order valence-corrected chi connectivity index (χ4v) is 3.86. The molecule has 0 spiro atoms. The van der Waals surface area contributed by atoms with Crippen molar-refractivity contribution in [1.29, 1.82) is 0 Å². The van der Waals surface area contributed by atoms with E-state index in [1.807, 2.05) is 17.5 Å². The number of sulfonamides is 1. The molecule has 0 radical (unpaired) electrons. The van der Waals surface area contributed by atoms with E-state index in [9.17, 15) is 13.2 Å². The molecular weight excluding hydrogens is 314 g/mol. The molecule has 2 aromatic heterocycles. The molecule has 0 aromatic carbocycles. The summed E-state index contributed by atoms with van der Waals surface area (Å²) in [6.07, 6.45) is 0.607. The molecule has 2 rings (SSSR count). The number of thiophene rings is 1. The number of carbonyl (C=O) groups is 1. The van der Waals surface area contributed by atoms with Crippen LogP contribution in [0.4, 0.5) is 0 Å². The summed E-state index contributed by atoms with van der Waals surface area (Å²) >= 11 is 1.56. The Morgan fingerprint density at radius 1 is 1.48 bits per heavy atom. The number of nitrogens with zero attached hydrogens (tertiary/aromatic N) is 1. The minimum atomic E-state index is -3.75. The molecule has 0 aliphatic heterocycles. The van der Waals surface area contributed by atoms with Crippen molar-refractivity contribution in [3.05, 3.63) is 40.0 Å².